The lowest BCUT2D eigenvalue weighted by Gasteiger charge is -2.09. The van der Waals surface area contributed by atoms with Crippen LogP contribution in [0.3, 0.4) is 0 Å². The van der Waals surface area contributed by atoms with Crippen LogP contribution in [0, 0.1) is 5.82 Å². The Morgan fingerprint density at radius 3 is 2.39 bits per heavy atom. The van der Waals surface area contributed by atoms with Crippen molar-refractivity contribution in [2.24, 2.45) is 0 Å². The topological polar surface area (TPSA) is 29.5 Å². The second-order valence-electron chi connectivity index (χ2n) is 3.92. The van der Waals surface area contributed by atoms with Gasteiger partial charge in [-0.15, -0.1) is 0 Å². The Kier molecular flexibility index (Phi) is 3.99. The molecule has 18 heavy (non-hydrogen) atoms. The van der Waals surface area contributed by atoms with Crippen LogP contribution in [0.4, 0.5) is 4.39 Å². The molecule has 0 amide bonds. The van der Waals surface area contributed by atoms with Crippen LogP contribution in [0.25, 0.3) is 0 Å². The minimum Gasteiger partial charge on any atom is -0.456 e. The zero-order valence-corrected chi connectivity index (χ0v) is 11.3. The van der Waals surface area contributed by atoms with Crippen LogP contribution in [0.1, 0.15) is 18.6 Å². The first-order valence-corrected chi connectivity index (χ1v) is 6.26. The first-order chi connectivity index (χ1) is 8.56. The third-order valence-corrected chi connectivity index (χ3v) is 3.10. The smallest absolute Gasteiger partial charge is 0.141 e. The summed E-state index contributed by atoms with van der Waals surface area (Å²) in [6.45, 7) is 1.70. The van der Waals surface area contributed by atoms with Crippen LogP contribution < -0.4 is 4.74 Å². The standard InChI is InChI=1S/C14H12BrFO2/c1-9(17)10-2-5-12(6-3-10)18-14-7-4-11(16)8-13(14)15/h2-9,17H,1H3. The molecule has 2 rings (SSSR count). The van der Waals surface area contributed by atoms with Crippen LogP contribution >= 0.6 is 15.9 Å². The summed E-state index contributed by atoms with van der Waals surface area (Å²) in [5.41, 5.74) is 0.820. The summed E-state index contributed by atoms with van der Waals surface area (Å²) in [7, 11) is 0. The van der Waals surface area contributed by atoms with Gasteiger partial charge in [0.05, 0.1) is 10.6 Å². The molecule has 0 bridgehead atoms. The monoisotopic (exact) mass is 310 g/mol. The second kappa shape index (κ2) is 5.50. The van der Waals surface area contributed by atoms with Gasteiger partial charge in [0.2, 0.25) is 0 Å². The van der Waals surface area contributed by atoms with E-state index in [1.54, 1.807) is 37.3 Å². The normalized spacial score (nSPS) is 12.2. The fourth-order valence-electron chi connectivity index (χ4n) is 1.50. The summed E-state index contributed by atoms with van der Waals surface area (Å²) in [6, 6.07) is 11.3. The molecule has 0 aliphatic carbocycles. The maximum atomic E-state index is 12.9. The van der Waals surface area contributed by atoms with Gasteiger partial charge >= 0.3 is 0 Å². The molecule has 0 saturated carbocycles. The summed E-state index contributed by atoms with van der Waals surface area (Å²) < 4.78 is 19.1. The molecule has 0 saturated heterocycles. The summed E-state index contributed by atoms with van der Waals surface area (Å²) in [4.78, 5) is 0. The summed E-state index contributed by atoms with van der Waals surface area (Å²) in [5, 5.41) is 9.39. The van der Waals surface area contributed by atoms with E-state index in [0.29, 0.717) is 16.0 Å². The van der Waals surface area contributed by atoms with E-state index in [1.807, 2.05) is 0 Å². The van der Waals surface area contributed by atoms with Gasteiger partial charge in [-0.05, 0) is 58.7 Å². The van der Waals surface area contributed by atoms with E-state index in [4.69, 9.17) is 4.74 Å². The molecular weight excluding hydrogens is 299 g/mol. The second-order valence-corrected chi connectivity index (χ2v) is 4.78. The lowest BCUT2D eigenvalue weighted by Crippen LogP contribution is -1.91. The van der Waals surface area contributed by atoms with Crippen molar-refractivity contribution < 1.29 is 14.2 Å². The number of aliphatic hydroxyl groups excluding tert-OH is 1. The molecule has 0 radical (unpaired) electrons. The molecule has 1 N–H and O–H groups in total. The van der Waals surface area contributed by atoms with Crippen molar-refractivity contribution in [3.05, 3.63) is 58.3 Å². The number of rotatable bonds is 3. The number of halogens is 2. The highest BCUT2D eigenvalue weighted by atomic mass is 79.9. The van der Waals surface area contributed by atoms with E-state index in [9.17, 15) is 9.50 Å². The van der Waals surface area contributed by atoms with E-state index in [-0.39, 0.29) is 5.82 Å². The zero-order chi connectivity index (χ0) is 13.1. The van der Waals surface area contributed by atoms with Crippen LogP contribution in [0.15, 0.2) is 46.9 Å². The fraction of sp³-hybridized carbons (Fsp3) is 0.143. The highest BCUT2D eigenvalue weighted by Gasteiger charge is 2.05. The predicted octanol–water partition coefficient (Wildman–Crippen LogP) is 4.43. The molecular formula is C14H12BrFO2. The lowest BCUT2D eigenvalue weighted by molar-refractivity contribution is 0.199. The number of ether oxygens (including phenoxy) is 1. The van der Waals surface area contributed by atoms with Gasteiger partial charge in [0.15, 0.2) is 0 Å². The highest BCUT2D eigenvalue weighted by molar-refractivity contribution is 9.10. The number of benzene rings is 2. The average molecular weight is 311 g/mol. The minimum atomic E-state index is -0.503. The van der Waals surface area contributed by atoms with Crippen LogP contribution in [0.5, 0.6) is 11.5 Å². The summed E-state index contributed by atoms with van der Waals surface area (Å²) in [5.74, 6) is 0.853. The molecule has 0 aromatic heterocycles. The zero-order valence-electron chi connectivity index (χ0n) is 9.73. The Balaban J connectivity index is 2.18. The molecule has 4 heteroatoms. The van der Waals surface area contributed by atoms with Gasteiger partial charge in [-0.2, -0.15) is 0 Å². The third-order valence-electron chi connectivity index (χ3n) is 2.48. The molecule has 94 valence electrons. The average Bonchev–Trinajstić information content (AvgIpc) is 2.33. The van der Waals surface area contributed by atoms with Crippen molar-refractivity contribution in [2.45, 2.75) is 13.0 Å². The minimum absolute atomic E-state index is 0.321. The van der Waals surface area contributed by atoms with Crippen LogP contribution in [-0.4, -0.2) is 5.11 Å². The molecule has 1 unspecified atom stereocenters. The first-order valence-electron chi connectivity index (χ1n) is 5.47. The fourth-order valence-corrected chi connectivity index (χ4v) is 1.93. The maximum Gasteiger partial charge on any atom is 0.141 e. The van der Waals surface area contributed by atoms with Crippen molar-refractivity contribution in [2.75, 3.05) is 0 Å². The van der Waals surface area contributed by atoms with Crippen molar-refractivity contribution in [3.63, 3.8) is 0 Å². The SMILES string of the molecule is CC(O)c1ccc(Oc2ccc(F)cc2Br)cc1. The number of aliphatic hydroxyl groups is 1. The Bertz CT molecular complexity index is 538. The summed E-state index contributed by atoms with van der Waals surface area (Å²) >= 11 is 3.24. The van der Waals surface area contributed by atoms with E-state index >= 15 is 0 Å². The summed E-state index contributed by atoms with van der Waals surface area (Å²) in [6.07, 6.45) is -0.503. The van der Waals surface area contributed by atoms with Gasteiger partial charge in [-0.25, -0.2) is 4.39 Å². The van der Waals surface area contributed by atoms with E-state index in [0.717, 1.165) is 5.56 Å². The third kappa shape index (κ3) is 3.09. The maximum absolute atomic E-state index is 12.9. The van der Waals surface area contributed by atoms with Gasteiger partial charge in [-0.1, -0.05) is 12.1 Å². The quantitative estimate of drug-likeness (QED) is 0.908. The largest absolute Gasteiger partial charge is 0.456 e. The van der Waals surface area contributed by atoms with E-state index in [2.05, 4.69) is 15.9 Å². The van der Waals surface area contributed by atoms with Crippen LogP contribution in [-0.2, 0) is 0 Å². The van der Waals surface area contributed by atoms with Gasteiger partial charge in [0.1, 0.15) is 17.3 Å². The molecule has 0 heterocycles. The first kappa shape index (κ1) is 13.1. The van der Waals surface area contributed by atoms with Gasteiger partial charge in [0, 0.05) is 0 Å². The van der Waals surface area contributed by atoms with Crippen molar-refractivity contribution in [1.29, 1.82) is 0 Å². The molecule has 0 spiro atoms. The Morgan fingerprint density at radius 1 is 1.17 bits per heavy atom. The Labute approximate surface area is 113 Å². The van der Waals surface area contributed by atoms with Gasteiger partial charge < -0.3 is 9.84 Å². The van der Waals surface area contributed by atoms with Crippen molar-refractivity contribution >= 4 is 15.9 Å². The lowest BCUT2D eigenvalue weighted by atomic mass is 10.1. The molecule has 0 fully saturated rings. The molecule has 2 nitrogen and oxygen atoms in total. The molecule has 1 atom stereocenters. The molecule has 2 aromatic carbocycles. The van der Waals surface area contributed by atoms with Gasteiger partial charge in [0.25, 0.3) is 0 Å². The molecule has 0 aliphatic rings. The Morgan fingerprint density at radius 2 is 1.83 bits per heavy atom. The highest BCUT2D eigenvalue weighted by Crippen LogP contribution is 2.30. The van der Waals surface area contributed by atoms with E-state index in [1.165, 1.54) is 12.1 Å². The molecule has 0 aliphatic heterocycles. The predicted molar refractivity (Wildman–Crippen MR) is 71.2 cm³/mol. The number of hydrogen-bond acceptors (Lipinski definition) is 2. The Hall–Kier alpha value is -1.39. The van der Waals surface area contributed by atoms with Crippen molar-refractivity contribution in [1.82, 2.24) is 0 Å². The molecule has 2 aromatic rings. The van der Waals surface area contributed by atoms with Crippen molar-refractivity contribution in [3.8, 4) is 11.5 Å². The van der Waals surface area contributed by atoms with E-state index < -0.39 is 6.10 Å². The van der Waals surface area contributed by atoms with Crippen LogP contribution in [0.2, 0.25) is 0 Å². The number of hydrogen-bond donors (Lipinski definition) is 1. The van der Waals surface area contributed by atoms with Gasteiger partial charge in [-0.3, -0.25) is 0 Å².